The highest BCUT2D eigenvalue weighted by molar-refractivity contribution is 6.00. The molecule has 5 rings (SSSR count). The zero-order valence-corrected chi connectivity index (χ0v) is 23.7. The Morgan fingerprint density at radius 2 is 2.07 bits per heavy atom. The molecule has 1 unspecified atom stereocenters. The van der Waals surface area contributed by atoms with Gasteiger partial charge < -0.3 is 25.3 Å². The fourth-order valence-corrected chi connectivity index (χ4v) is 5.54. The van der Waals surface area contributed by atoms with Crippen LogP contribution < -0.4 is 20.5 Å². The summed E-state index contributed by atoms with van der Waals surface area (Å²) in [5, 5.41) is 3.11. The number of benzene rings is 2. The van der Waals surface area contributed by atoms with Crippen molar-refractivity contribution in [2.45, 2.75) is 76.5 Å². The number of hydrogen-bond acceptors (Lipinski definition) is 7. The Balaban J connectivity index is 1.37. The first-order valence-electron chi connectivity index (χ1n) is 14.0. The minimum Gasteiger partial charge on any atom is -0.493 e. The van der Waals surface area contributed by atoms with Gasteiger partial charge in [0.1, 0.15) is 17.6 Å². The lowest BCUT2D eigenvalue weighted by molar-refractivity contribution is -0.131. The molecule has 3 heterocycles. The first kappa shape index (κ1) is 28.6. The molecule has 0 saturated heterocycles. The van der Waals surface area contributed by atoms with Crippen LogP contribution in [0.4, 0.5) is 4.39 Å². The predicted molar refractivity (Wildman–Crippen MR) is 152 cm³/mol. The Labute approximate surface area is 239 Å². The molecule has 0 radical (unpaired) electrons. The Hall–Kier alpha value is -3.92. The Bertz CT molecular complexity index is 1380. The number of hydrogen-bond donors (Lipinski definition) is 2. The van der Waals surface area contributed by atoms with E-state index in [0.717, 1.165) is 5.56 Å². The molecule has 2 amide bonds. The summed E-state index contributed by atoms with van der Waals surface area (Å²) >= 11 is 0. The number of carbonyl (C=O) groups excluding carboxylic acids is 2. The van der Waals surface area contributed by atoms with Crippen LogP contribution in [-0.4, -0.2) is 53.9 Å². The van der Waals surface area contributed by atoms with Crippen LogP contribution in [0.15, 0.2) is 59.6 Å². The van der Waals surface area contributed by atoms with Crippen molar-refractivity contribution in [3.05, 3.63) is 71.3 Å². The molecule has 0 aromatic heterocycles. The molecule has 2 aromatic rings. The van der Waals surface area contributed by atoms with E-state index in [1.807, 2.05) is 38.1 Å². The van der Waals surface area contributed by atoms with Gasteiger partial charge in [0.2, 0.25) is 12.3 Å². The van der Waals surface area contributed by atoms with E-state index >= 15 is 0 Å². The van der Waals surface area contributed by atoms with Gasteiger partial charge in [-0.15, -0.1) is 0 Å². The second-order valence-electron chi connectivity index (χ2n) is 11.2. The number of guanidine groups is 1. The highest BCUT2D eigenvalue weighted by atomic mass is 19.1. The quantitative estimate of drug-likeness (QED) is 0.448. The number of rotatable bonds is 8. The number of alkyl halides is 1. The van der Waals surface area contributed by atoms with E-state index < -0.39 is 24.0 Å². The zero-order valence-electron chi connectivity index (χ0n) is 23.7. The molecule has 5 atom stereocenters. The van der Waals surface area contributed by atoms with Crippen LogP contribution in [0.3, 0.4) is 0 Å². The average molecular weight is 565 g/mol. The van der Waals surface area contributed by atoms with Crippen LogP contribution in [0.2, 0.25) is 0 Å². The van der Waals surface area contributed by atoms with Crippen LogP contribution in [0.5, 0.6) is 11.5 Å². The molecule has 3 N–H and O–H groups in total. The molecule has 218 valence electrons. The van der Waals surface area contributed by atoms with E-state index in [1.54, 1.807) is 30.0 Å². The maximum Gasteiger partial charge on any atom is 0.251 e. The normalized spacial score (nSPS) is 26.0. The highest BCUT2D eigenvalue weighted by Gasteiger charge is 2.40. The van der Waals surface area contributed by atoms with Crippen molar-refractivity contribution < 1.29 is 28.2 Å². The Kier molecular flexibility index (Phi) is 8.04. The summed E-state index contributed by atoms with van der Waals surface area (Å²) in [7, 11) is 0. The van der Waals surface area contributed by atoms with Crippen LogP contribution in [-0.2, 0) is 9.53 Å². The van der Waals surface area contributed by atoms with Gasteiger partial charge in [-0.05, 0) is 50.1 Å². The summed E-state index contributed by atoms with van der Waals surface area (Å²) in [5.41, 5.74) is 8.04. The number of fused-ring (bicyclic) bond motifs is 2. The van der Waals surface area contributed by atoms with Gasteiger partial charge in [0.05, 0.1) is 37.3 Å². The lowest BCUT2D eigenvalue weighted by atomic mass is 9.90. The number of nitrogens with zero attached hydrogens (tertiary/aromatic N) is 2. The third-order valence-corrected chi connectivity index (χ3v) is 7.99. The van der Waals surface area contributed by atoms with E-state index in [2.05, 4.69) is 16.9 Å². The molecule has 10 heteroatoms. The van der Waals surface area contributed by atoms with Crippen molar-refractivity contribution in [3.8, 4) is 11.5 Å². The number of nitrogens with one attached hydrogen (secondary N) is 1. The molecular formula is C31H37FN4O5. The van der Waals surface area contributed by atoms with Gasteiger partial charge in [-0.25, -0.2) is 9.38 Å². The van der Waals surface area contributed by atoms with Crippen molar-refractivity contribution in [1.82, 2.24) is 10.2 Å². The van der Waals surface area contributed by atoms with Gasteiger partial charge >= 0.3 is 0 Å². The number of carbonyl (C=O) groups is 2. The summed E-state index contributed by atoms with van der Waals surface area (Å²) < 4.78 is 31.2. The van der Waals surface area contributed by atoms with Crippen molar-refractivity contribution in [2.75, 3.05) is 13.2 Å². The van der Waals surface area contributed by atoms with Gasteiger partial charge in [-0.2, -0.15) is 0 Å². The number of halogens is 1. The van der Waals surface area contributed by atoms with Crippen molar-refractivity contribution in [1.29, 1.82) is 0 Å². The molecule has 0 saturated carbocycles. The number of amides is 2. The van der Waals surface area contributed by atoms with Crippen LogP contribution in [0.25, 0.3) is 0 Å². The third kappa shape index (κ3) is 5.93. The standard InChI is InChI=1S/C31H37FN4O5/c1-5-31(4)16-27(37)36(30(33)35-31)24-12-13-39-25-11-10-19(14-22(24)25)29(38)34-23-15-20(17-40-28(32)18(2)3)41-26-9-7-6-8-21(23)26/h6-11,14,20,23-24,28H,2,5,12-13,15-17H2,1,3-4H3,(H2,33,35)(H,34,38)/t20-,23+,24-,28?,31-/m1/s1. The topological polar surface area (TPSA) is 115 Å². The maximum absolute atomic E-state index is 14.0. The molecule has 3 aliphatic heterocycles. The second-order valence-corrected chi connectivity index (χ2v) is 11.2. The molecule has 41 heavy (non-hydrogen) atoms. The van der Waals surface area contributed by atoms with E-state index in [0.29, 0.717) is 48.5 Å². The predicted octanol–water partition coefficient (Wildman–Crippen LogP) is 4.74. The average Bonchev–Trinajstić information content (AvgIpc) is 2.95. The molecule has 9 nitrogen and oxygen atoms in total. The van der Waals surface area contributed by atoms with Crippen LogP contribution >= 0.6 is 0 Å². The van der Waals surface area contributed by atoms with E-state index in [4.69, 9.17) is 19.9 Å². The number of aliphatic imine (C=N–C) groups is 1. The summed E-state index contributed by atoms with van der Waals surface area (Å²) in [6.45, 7) is 9.48. The number of ether oxygens (including phenoxy) is 3. The van der Waals surface area contributed by atoms with E-state index in [9.17, 15) is 14.0 Å². The highest BCUT2D eigenvalue weighted by Crippen LogP contribution is 2.40. The van der Waals surface area contributed by atoms with Crippen molar-refractivity contribution in [3.63, 3.8) is 0 Å². The van der Waals surface area contributed by atoms with Gasteiger partial charge in [0.15, 0.2) is 5.96 Å². The summed E-state index contributed by atoms with van der Waals surface area (Å²) in [6, 6.07) is 11.9. The maximum atomic E-state index is 14.0. The van der Waals surface area contributed by atoms with E-state index in [1.165, 1.54) is 0 Å². The van der Waals surface area contributed by atoms with Crippen molar-refractivity contribution >= 4 is 17.8 Å². The lowest BCUT2D eigenvalue weighted by Gasteiger charge is -2.40. The van der Waals surface area contributed by atoms with Gasteiger partial charge in [0, 0.05) is 29.5 Å². The molecule has 0 spiro atoms. The summed E-state index contributed by atoms with van der Waals surface area (Å²) in [4.78, 5) is 33.0. The second kappa shape index (κ2) is 11.5. The number of para-hydroxylation sites is 1. The smallest absolute Gasteiger partial charge is 0.251 e. The first-order valence-corrected chi connectivity index (χ1v) is 14.0. The summed E-state index contributed by atoms with van der Waals surface area (Å²) in [6.07, 6.45) is -0.162. The largest absolute Gasteiger partial charge is 0.493 e. The van der Waals surface area contributed by atoms with E-state index in [-0.39, 0.29) is 42.4 Å². The first-order chi connectivity index (χ1) is 19.6. The van der Waals surface area contributed by atoms with Gasteiger partial charge in [-0.3, -0.25) is 14.5 Å². The molecule has 0 fully saturated rings. The minimum atomic E-state index is -1.59. The molecule has 2 aromatic carbocycles. The van der Waals surface area contributed by atoms with Crippen LogP contribution in [0, 0.1) is 0 Å². The SMILES string of the molecule is C=C(C)C(F)OC[C@H]1C[C@H](NC(=O)c2ccc3c(c2)[C@H](N2C(=O)C[C@@](C)(CC)N=C2N)CCO3)c2ccccc2O1. The lowest BCUT2D eigenvalue weighted by Crippen LogP contribution is -2.52. The molecule has 3 aliphatic rings. The molecule has 0 aliphatic carbocycles. The fraction of sp³-hybridized carbons (Fsp3) is 0.452. The van der Waals surface area contributed by atoms with Crippen LogP contribution in [0.1, 0.15) is 80.0 Å². The summed E-state index contributed by atoms with van der Waals surface area (Å²) in [5.74, 6) is 1.01. The fourth-order valence-electron chi connectivity index (χ4n) is 5.54. The van der Waals surface area contributed by atoms with Gasteiger partial charge in [-0.1, -0.05) is 31.7 Å². The molecule has 0 bridgehead atoms. The minimum absolute atomic E-state index is 0.0104. The van der Waals surface area contributed by atoms with Gasteiger partial charge in [0.25, 0.3) is 5.91 Å². The Morgan fingerprint density at radius 3 is 2.80 bits per heavy atom. The molecular weight excluding hydrogens is 527 g/mol. The Morgan fingerprint density at radius 1 is 1.29 bits per heavy atom. The third-order valence-electron chi connectivity index (χ3n) is 7.99. The zero-order chi connectivity index (χ0) is 29.3. The number of nitrogens with two attached hydrogens (primary N) is 1. The monoisotopic (exact) mass is 564 g/mol. The van der Waals surface area contributed by atoms with Crippen molar-refractivity contribution in [2.24, 2.45) is 10.7 Å².